The maximum Gasteiger partial charge on any atom is 0.243 e. The average Bonchev–Trinajstić information content (AvgIpc) is 2.33. The number of rotatable bonds is 2. The van der Waals surface area contributed by atoms with Crippen LogP contribution in [0.25, 0.3) is 0 Å². The summed E-state index contributed by atoms with van der Waals surface area (Å²) in [5, 5.41) is 2.64. The van der Waals surface area contributed by atoms with Gasteiger partial charge in [0.15, 0.2) is 0 Å². The number of hydrogen-bond donors (Lipinski definition) is 1. The Balaban J connectivity index is 2.36. The molecule has 1 atom stereocenters. The molecule has 98 valence electrons. The normalized spacial score (nSPS) is 21.7. The predicted octanol–water partition coefficient (Wildman–Crippen LogP) is 0.958. The van der Waals surface area contributed by atoms with E-state index < -0.39 is 16.1 Å². The molecule has 1 aromatic rings. The minimum Gasteiger partial charge on any atom is -0.353 e. The summed E-state index contributed by atoms with van der Waals surface area (Å²) in [6, 6.07) is 5.72. The Hall–Kier alpha value is -0.920. The van der Waals surface area contributed by atoms with Crippen LogP contribution in [-0.2, 0) is 14.8 Å². The minimum absolute atomic E-state index is 0.201. The number of piperazine rings is 1. The first-order valence-electron chi connectivity index (χ1n) is 5.48. The molecule has 2 rings (SSSR count). The summed E-state index contributed by atoms with van der Waals surface area (Å²) in [5.41, 5.74) is 0. The summed E-state index contributed by atoms with van der Waals surface area (Å²) in [6.07, 6.45) is 0. The van der Waals surface area contributed by atoms with Gasteiger partial charge in [-0.3, -0.25) is 4.79 Å². The lowest BCUT2D eigenvalue weighted by Gasteiger charge is -2.31. The van der Waals surface area contributed by atoms with Gasteiger partial charge in [0, 0.05) is 17.6 Å². The molecule has 1 fully saturated rings. The molecule has 0 saturated carbocycles. The molecule has 0 spiro atoms. The van der Waals surface area contributed by atoms with Crippen molar-refractivity contribution >= 4 is 31.9 Å². The van der Waals surface area contributed by atoms with Gasteiger partial charge in [0.05, 0.1) is 4.90 Å². The number of carbonyl (C=O) groups excluding carboxylic acids is 1. The Labute approximate surface area is 114 Å². The fraction of sp³-hybridized carbons (Fsp3) is 0.364. The second kappa shape index (κ2) is 4.99. The van der Waals surface area contributed by atoms with Crippen molar-refractivity contribution in [1.29, 1.82) is 0 Å². The highest BCUT2D eigenvalue weighted by atomic mass is 79.9. The summed E-state index contributed by atoms with van der Waals surface area (Å²) in [7, 11) is -3.61. The lowest BCUT2D eigenvalue weighted by atomic mass is 10.2. The van der Waals surface area contributed by atoms with Crippen LogP contribution in [0.15, 0.2) is 33.6 Å². The lowest BCUT2D eigenvalue weighted by Crippen LogP contribution is -2.55. The molecule has 0 aliphatic carbocycles. The van der Waals surface area contributed by atoms with Crippen molar-refractivity contribution in [2.24, 2.45) is 0 Å². The Morgan fingerprint density at radius 1 is 1.33 bits per heavy atom. The summed E-state index contributed by atoms with van der Waals surface area (Å²) in [5.74, 6) is -0.262. The van der Waals surface area contributed by atoms with Gasteiger partial charge in [0.1, 0.15) is 6.04 Å². The quantitative estimate of drug-likeness (QED) is 0.877. The standard InChI is InChI=1S/C11H13BrN2O3S/c1-8-11(15)13-6-7-14(8)18(16,17)10-4-2-9(12)3-5-10/h2-5,8H,6-7H2,1H3,(H,13,15)/t8-/m1/s1. The second-order valence-corrected chi connectivity index (χ2v) is 6.84. The van der Waals surface area contributed by atoms with Gasteiger partial charge in [-0.05, 0) is 31.2 Å². The third-order valence-corrected chi connectivity index (χ3v) is 5.38. The molecule has 1 amide bonds. The van der Waals surface area contributed by atoms with E-state index in [9.17, 15) is 13.2 Å². The largest absolute Gasteiger partial charge is 0.353 e. The van der Waals surface area contributed by atoms with E-state index in [1.54, 1.807) is 19.1 Å². The van der Waals surface area contributed by atoms with Gasteiger partial charge >= 0.3 is 0 Å². The number of hydrogen-bond acceptors (Lipinski definition) is 3. The van der Waals surface area contributed by atoms with E-state index in [2.05, 4.69) is 21.2 Å². The molecule has 1 saturated heterocycles. The molecule has 5 nitrogen and oxygen atoms in total. The van der Waals surface area contributed by atoms with Crippen molar-refractivity contribution in [2.75, 3.05) is 13.1 Å². The Morgan fingerprint density at radius 3 is 2.56 bits per heavy atom. The highest BCUT2D eigenvalue weighted by Gasteiger charge is 2.35. The lowest BCUT2D eigenvalue weighted by molar-refractivity contribution is -0.126. The zero-order valence-corrected chi connectivity index (χ0v) is 12.2. The first-order valence-corrected chi connectivity index (χ1v) is 7.71. The van der Waals surface area contributed by atoms with Crippen LogP contribution < -0.4 is 5.32 Å². The van der Waals surface area contributed by atoms with Crippen molar-refractivity contribution in [3.8, 4) is 0 Å². The smallest absolute Gasteiger partial charge is 0.243 e. The van der Waals surface area contributed by atoms with E-state index in [-0.39, 0.29) is 10.8 Å². The van der Waals surface area contributed by atoms with Crippen LogP contribution in [0, 0.1) is 0 Å². The van der Waals surface area contributed by atoms with Crippen LogP contribution in [0.4, 0.5) is 0 Å². The van der Waals surface area contributed by atoms with Crippen LogP contribution in [-0.4, -0.2) is 37.8 Å². The van der Waals surface area contributed by atoms with E-state index in [0.29, 0.717) is 13.1 Å². The number of sulfonamides is 1. The molecular weight excluding hydrogens is 320 g/mol. The van der Waals surface area contributed by atoms with Gasteiger partial charge < -0.3 is 5.32 Å². The second-order valence-electron chi connectivity index (χ2n) is 4.04. The topological polar surface area (TPSA) is 66.5 Å². The van der Waals surface area contributed by atoms with Gasteiger partial charge in [0.25, 0.3) is 0 Å². The fourth-order valence-corrected chi connectivity index (χ4v) is 3.69. The number of amides is 1. The fourth-order valence-electron chi connectivity index (χ4n) is 1.83. The van der Waals surface area contributed by atoms with Gasteiger partial charge in [-0.15, -0.1) is 0 Å². The van der Waals surface area contributed by atoms with Crippen molar-refractivity contribution in [3.05, 3.63) is 28.7 Å². The van der Waals surface area contributed by atoms with Crippen molar-refractivity contribution < 1.29 is 13.2 Å². The average molecular weight is 333 g/mol. The molecule has 7 heteroatoms. The molecule has 18 heavy (non-hydrogen) atoms. The highest BCUT2D eigenvalue weighted by molar-refractivity contribution is 9.10. The summed E-state index contributed by atoms with van der Waals surface area (Å²) in [6.45, 7) is 2.23. The third-order valence-electron chi connectivity index (χ3n) is 2.86. The van der Waals surface area contributed by atoms with Crippen molar-refractivity contribution in [2.45, 2.75) is 17.9 Å². The maximum absolute atomic E-state index is 12.4. The molecule has 0 aromatic heterocycles. The third kappa shape index (κ3) is 2.43. The number of carbonyl (C=O) groups is 1. The summed E-state index contributed by atoms with van der Waals surface area (Å²) in [4.78, 5) is 11.7. The van der Waals surface area contributed by atoms with E-state index in [0.717, 1.165) is 4.47 Å². The van der Waals surface area contributed by atoms with E-state index >= 15 is 0 Å². The molecule has 0 radical (unpaired) electrons. The number of halogens is 1. The van der Waals surface area contributed by atoms with Gasteiger partial charge in [-0.2, -0.15) is 4.31 Å². The van der Waals surface area contributed by atoms with E-state index in [4.69, 9.17) is 0 Å². The summed E-state index contributed by atoms with van der Waals surface area (Å²) >= 11 is 3.26. The molecule has 1 aliphatic rings. The Morgan fingerprint density at radius 2 is 1.94 bits per heavy atom. The number of nitrogens with zero attached hydrogens (tertiary/aromatic N) is 1. The number of benzene rings is 1. The van der Waals surface area contributed by atoms with Gasteiger partial charge in [-0.1, -0.05) is 15.9 Å². The zero-order valence-electron chi connectivity index (χ0n) is 9.76. The van der Waals surface area contributed by atoms with E-state index in [1.165, 1.54) is 16.4 Å². The highest BCUT2D eigenvalue weighted by Crippen LogP contribution is 2.21. The zero-order chi connectivity index (χ0) is 13.3. The summed E-state index contributed by atoms with van der Waals surface area (Å²) < 4.78 is 26.8. The predicted molar refractivity (Wildman–Crippen MR) is 70.5 cm³/mol. The van der Waals surface area contributed by atoms with Crippen molar-refractivity contribution in [3.63, 3.8) is 0 Å². The van der Waals surface area contributed by atoms with Crippen LogP contribution in [0.3, 0.4) is 0 Å². The van der Waals surface area contributed by atoms with Crippen LogP contribution >= 0.6 is 15.9 Å². The monoisotopic (exact) mass is 332 g/mol. The van der Waals surface area contributed by atoms with Gasteiger partial charge in [0.2, 0.25) is 15.9 Å². The van der Waals surface area contributed by atoms with Gasteiger partial charge in [-0.25, -0.2) is 8.42 Å². The molecule has 1 heterocycles. The number of nitrogens with one attached hydrogen (secondary N) is 1. The van der Waals surface area contributed by atoms with E-state index in [1.807, 2.05) is 0 Å². The Kier molecular flexibility index (Phi) is 3.74. The van der Waals surface area contributed by atoms with Crippen LogP contribution in [0.2, 0.25) is 0 Å². The van der Waals surface area contributed by atoms with Crippen LogP contribution in [0.1, 0.15) is 6.92 Å². The molecule has 0 unspecified atom stereocenters. The maximum atomic E-state index is 12.4. The van der Waals surface area contributed by atoms with Crippen molar-refractivity contribution in [1.82, 2.24) is 9.62 Å². The van der Waals surface area contributed by atoms with Crippen LogP contribution in [0.5, 0.6) is 0 Å². The molecule has 0 bridgehead atoms. The first-order chi connectivity index (χ1) is 8.43. The molecule has 1 aromatic carbocycles. The molecular formula is C11H13BrN2O3S. The minimum atomic E-state index is -3.61. The SMILES string of the molecule is C[C@@H]1C(=O)NCCN1S(=O)(=O)c1ccc(Br)cc1. The Bertz CT molecular complexity index is 556. The molecule has 1 aliphatic heterocycles. The molecule has 1 N–H and O–H groups in total. The first kappa shape index (κ1) is 13.5.